The van der Waals surface area contributed by atoms with E-state index in [1.807, 2.05) is 48.7 Å². The maximum Gasteiger partial charge on any atom is 0.135 e. The van der Waals surface area contributed by atoms with Gasteiger partial charge in [0.2, 0.25) is 0 Å². The van der Waals surface area contributed by atoms with E-state index in [9.17, 15) is 5.26 Å². The Kier molecular flexibility index (Phi) is 12.7. The van der Waals surface area contributed by atoms with Crippen molar-refractivity contribution >= 4 is 38.9 Å². The second kappa shape index (κ2) is 17.8. The Morgan fingerprint density at radius 1 is 0.688 bits per heavy atom. The number of pyridine rings is 1. The molecule has 3 heterocycles. The van der Waals surface area contributed by atoms with E-state index in [1.54, 1.807) is 0 Å². The number of anilines is 3. The first-order valence-electron chi connectivity index (χ1n) is 21.7. The summed E-state index contributed by atoms with van der Waals surface area (Å²) in [5.74, 6) is 2.10. The van der Waals surface area contributed by atoms with Crippen LogP contribution < -0.4 is 15.0 Å². The van der Waals surface area contributed by atoms with Gasteiger partial charge in [0.15, 0.2) is 0 Å². The van der Waals surface area contributed by atoms with Crippen LogP contribution in [0.4, 0.5) is 17.1 Å². The molecule has 1 aliphatic heterocycles. The largest absolute Gasteiger partial charge is 0.514 e. The van der Waals surface area contributed by atoms with Crippen molar-refractivity contribution in [2.24, 2.45) is 0 Å². The first-order chi connectivity index (χ1) is 29.9. The quantitative estimate of drug-likeness (QED) is 0.174. The van der Waals surface area contributed by atoms with Gasteiger partial charge in [-0.2, -0.15) is 36.2 Å². The van der Waals surface area contributed by atoms with Crippen molar-refractivity contribution in [3.05, 3.63) is 180 Å². The van der Waals surface area contributed by atoms with Crippen molar-refractivity contribution in [1.29, 1.82) is 5.26 Å². The number of nitriles is 1. The van der Waals surface area contributed by atoms with Gasteiger partial charge in [0.25, 0.3) is 0 Å². The molecule has 6 nitrogen and oxygen atoms in total. The van der Waals surface area contributed by atoms with Crippen LogP contribution in [0.25, 0.3) is 38.8 Å². The first-order valence-corrected chi connectivity index (χ1v) is 21.7. The van der Waals surface area contributed by atoms with Crippen LogP contribution in [0, 0.1) is 44.0 Å². The van der Waals surface area contributed by atoms with Crippen molar-refractivity contribution < 1.29 is 25.8 Å². The molecular weight excluding hydrogens is 966 g/mol. The predicted molar refractivity (Wildman–Crippen MR) is 261 cm³/mol. The molecule has 0 atom stereocenters. The van der Waals surface area contributed by atoms with E-state index in [-0.39, 0.29) is 37.3 Å². The van der Waals surface area contributed by atoms with Gasteiger partial charge in [-0.25, -0.2) is 4.98 Å². The van der Waals surface area contributed by atoms with Crippen molar-refractivity contribution in [2.45, 2.75) is 92.4 Å². The Labute approximate surface area is 394 Å². The van der Waals surface area contributed by atoms with Gasteiger partial charge < -0.3 is 19.5 Å². The van der Waals surface area contributed by atoms with E-state index < -0.39 is 0 Å². The van der Waals surface area contributed by atoms with Gasteiger partial charge in [-0.1, -0.05) is 98.2 Å². The molecular formula is C57H56N5OPt-3. The fraction of sp³-hybridized carbons (Fsp3) is 0.246. The average Bonchev–Trinajstić information content (AvgIpc) is 3.82. The molecule has 0 fully saturated rings. The summed E-state index contributed by atoms with van der Waals surface area (Å²) >= 11 is 0. The normalized spacial score (nSPS) is 12.5. The van der Waals surface area contributed by atoms with E-state index >= 15 is 0 Å². The third kappa shape index (κ3) is 9.38. The summed E-state index contributed by atoms with van der Waals surface area (Å²) in [5.41, 5.74) is 14.8. The van der Waals surface area contributed by atoms with Crippen LogP contribution in [0.1, 0.15) is 95.7 Å². The monoisotopic (exact) mass is 1020 g/mol. The molecule has 1 aliphatic rings. The number of aryl methyl sites for hydroxylation is 2. The maximum absolute atomic E-state index is 9.43. The van der Waals surface area contributed by atoms with Gasteiger partial charge in [-0.05, 0) is 129 Å². The van der Waals surface area contributed by atoms with E-state index in [2.05, 4.69) is 195 Å². The summed E-state index contributed by atoms with van der Waals surface area (Å²) in [6.07, 6.45) is 1.88. The molecule has 0 radical (unpaired) electrons. The van der Waals surface area contributed by atoms with Crippen molar-refractivity contribution in [1.82, 2.24) is 9.55 Å². The molecule has 328 valence electrons. The number of benzene rings is 6. The first kappa shape index (κ1) is 45.9. The molecule has 6 aromatic carbocycles. The molecule has 1 N–H and O–H groups in total. The van der Waals surface area contributed by atoms with Crippen LogP contribution >= 0.6 is 0 Å². The van der Waals surface area contributed by atoms with E-state index in [1.165, 1.54) is 28.1 Å². The molecule has 2 aromatic heterocycles. The Morgan fingerprint density at radius 2 is 1.36 bits per heavy atom. The van der Waals surface area contributed by atoms with Crippen LogP contribution in [0.3, 0.4) is 0 Å². The number of nitrogens with one attached hydrogen (secondary N) is 1. The van der Waals surface area contributed by atoms with Gasteiger partial charge in [0.05, 0.1) is 11.6 Å². The molecule has 7 heteroatoms. The molecule has 8 aromatic rings. The number of aromatic nitrogens is 2. The van der Waals surface area contributed by atoms with Crippen LogP contribution in [0.5, 0.6) is 11.5 Å². The summed E-state index contributed by atoms with van der Waals surface area (Å²) in [7, 11) is 0. The number of nitrogens with zero attached hydrogens (tertiary/aromatic N) is 4. The zero-order chi connectivity index (χ0) is 44.8. The number of hydrogen-bond acceptors (Lipinski definition) is 5. The van der Waals surface area contributed by atoms with Crippen molar-refractivity contribution in [2.75, 3.05) is 10.2 Å². The summed E-state index contributed by atoms with van der Waals surface area (Å²) in [5, 5.41) is 15.0. The van der Waals surface area contributed by atoms with Gasteiger partial charge >= 0.3 is 0 Å². The minimum absolute atomic E-state index is 0. The fourth-order valence-corrected chi connectivity index (χ4v) is 8.27. The summed E-state index contributed by atoms with van der Waals surface area (Å²) < 4.78 is 8.30. The fourth-order valence-electron chi connectivity index (χ4n) is 8.27. The summed E-state index contributed by atoms with van der Waals surface area (Å²) in [6.45, 7) is 26.5. The Balaban J connectivity index is 0.000000217. The van der Waals surface area contributed by atoms with Crippen LogP contribution in [-0.4, -0.2) is 9.55 Å². The molecule has 0 saturated heterocycles. The van der Waals surface area contributed by atoms with Gasteiger partial charge in [-0.3, -0.25) is 0 Å². The SMILES string of the molecule is CC(C)(C)c1cc(N2[CH-]Nc3ccccc32)cc(C(C)(C)C)c1.Cc1cc(C#N)cc(C)c1-c1ccc2c(c1)c1ccc(Oc3[c-]cccc3)[c-]c1n2-c1cc(C(C)(C)C)ccn1.[Pt]. The Hall–Kier alpha value is -6.15. The number of rotatable bonds is 5. The maximum atomic E-state index is 9.43. The van der Waals surface area contributed by atoms with Gasteiger partial charge in [0, 0.05) is 61.3 Å². The minimum Gasteiger partial charge on any atom is -0.514 e. The predicted octanol–water partition coefficient (Wildman–Crippen LogP) is 15.0. The average molecular weight is 1020 g/mol. The second-order valence-electron chi connectivity index (χ2n) is 19.7. The second-order valence-corrected chi connectivity index (χ2v) is 19.7. The van der Waals surface area contributed by atoms with Crippen LogP contribution in [-0.2, 0) is 37.3 Å². The molecule has 0 unspecified atom stereocenters. The molecule has 64 heavy (non-hydrogen) atoms. The minimum atomic E-state index is -0.0185. The van der Waals surface area contributed by atoms with E-state index in [4.69, 9.17) is 9.72 Å². The smallest absolute Gasteiger partial charge is 0.135 e. The van der Waals surface area contributed by atoms with Crippen LogP contribution in [0.2, 0.25) is 0 Å². The standard InChI is InChI=1S/C36H29N3O.C21H27N2.Pt/c1-23-17-25(22-37)18-24(2)35(23)26-11-14-32-31(19-26)30-13-12-29(40-28-9-7-6-8-10-28)21-33(30)39(32)34-20-27(15-16-38-34)36(3,4)5;1-20(2,3)15-11-16(21(4,5)6)13-17(12-15)23-14-22-18-9-7-8-10-19(18)23;/h6-9,11-20H,1-5H3;7-14,22H,1-6H3;/q-2;-1;. The number of hydrogen-bond donors (Lipinski definition) is 1. The zero-order valence-electron chi connectivity index (χ0n) is 38.7. The number of para-hydroxylation sites is 3. The van der Waals surface area contributed by atoms with Gasteiger partial charge in [-0.15, -0.1) is 29.7 Å². The zero-order valence-corrected chi connectivity index (χ0v) is 41.0. The van der Waals surface area contributed by atoms with Crippen molar-refractivity contribution in [3.8, 4) is 34.5 Å². The Morgan fingerprint density at radius 3 is 2.00 bits per heavy atom. The molecule has 0 spiro atoms. The van der Waals surface area contributed by atoms with Crippen LogP contribution in [0.15, 0.2) is 128 Å². The molecule has 0 saturated carbocycles. The summed E-state index contributed by atoms with van der Waals surface area (Å²) in [6, 6.07) is 50.7. The molecule has 9 rings (SSSR count). The molecule has 0 aliphatic carbocycles. The third-order valence-corrected chi connectivity index (χ3v) is 11.8. The molecule has 0 amide bonds. The summed E-state index contributed by atoms with van der Waals surface area (Å²) in [4.78, 5) is 7.05. The number of ether oxygens (including phenoxy) is 1. The van der Waals surface area contributed by atoms with Gasteiger partial charge in [0.1, 0.15) is 5.82 Å². The third-order valence-electron chi connectivity index (χ3n) is 11.8. The Bertz CT molecular complexity index is 2970. The van der Waals surface area contributed by atoms with Crippen molar-refractivity contribution in [3.63, 3.8) is 0 Å². The van der Waals surface area contributed by atoms with E-state index in [0.717, 1.165) is 55.6 Å². The molecule has 0 bridgehead atoms. The van der Waals surface area contributed by atoms with E-state index in [0.29, 0.717) is 17.1 Å². The number of fused-ring (bicyclic) bond motifs is 4. The topological polar surface area (TPSA) is 66.1 Å².